The van der Waals surface area contributed by atoms with Crippen LogP contribution in [0.2, 0.25) is 0 Å². The first-order valence-corrected chi connectivity index (χ1v) is 8.27. The Bertz CT molecular complexity index is 935. The maximum Gasteiger partial charge on any atom is 0.274 e. The number of rotatable bonds is 5. The van der Waals surface area contributed by atoms with Crippen LogP contribution in [0, 0.1) is 0 Å². The summed E-state index contributed by atoms with van der Waals surface area (Å²) in [6.07, 6.45) is 0. The molecule has 0 spiro atoms. The van der Waals surface area contributed by atoms with Gasteiger partial charge in [0.25, 0.3) is 10.2 Å². The summed E-state index contributed by atoms with van der Waals surface area (Å²) >= 11 is 0. The van der Waals surface area contributed by atoms with E-state index in [2.05, 4.69) is 15.0 Å². The van der Waals surface area contributed by atoms with Crippen LogP contribution in [0.5, 0.6) is 5.75 Å². The van der Waals surface area contributed by atoms with Gasteiger partial charge in [0, 0.05) is 12.6 Å². The van der Waals surface area contributed by atoms with Gasteiger partial charge in [0.05, 0.1) is 18.3 Å². The molecule has 0 bridgehead atoms. The Balaban J connectivity index is 1.90. The second kappa shape index (κ2) is 5.95. The normalized spacial score (nSPS) is 11.7. The highest BCUT2D eigenvalue weighted by Gasteiger charge is 2.08. The van der Waals surface area contributed by atoms with Crippen LogP contribution in [-0.4, -0.2) is 30.5 Å². The average molecular weight is 333 g/mol. The highest BCUT2D eigenvalue weighted by Crippen LogP contribution is 2.21. The summed E-state index contributed by atoms with van der Waals surface area (Å²) in [6, 6.07) is 12.8. The number of hydrogen-bond acceptors (Lipinski definition) is 5. The molecular formula is C14H15N5O3S. The van der Waals surface area contributed by atoms with Crippen molar-refractivity contribution in [3.8, 4) is 11.4 Å². The minimum atomic E-state index is -3.70. The minimum absolute atomic E-state index is 0.130. The Morgan fingerprint density at radius 3 is 2.61 bits per heavy atom. The zero-order valence-electron chi connectivity index (χ0n) is 12.3. The molecule has 0 saturated carbocycles. The fourth-order valence-electron chi connectivity index (χ4n) is 2.16. The molecule has 3 N–H and O–H groups in total. The molecule has 9 heteroatoms. The largest absolute Gasteiger partial charge is 0.497 e. The molecule has 0 radical (unpaired) electrons. The molecular weight excluding hydrogens is 318 g/mol. The maximum absolute atomic E-state index is 10.9. The zero-order valence-corrected chi connectivity index (χ0v) is 13.1. The van der Waals surface area contributed by atoms with Crippen molar-refractivity contribution in [3.63, 3.8) is 0 Å². The number of benzene rings is 2. The number of hydrogen-bond donors (Lipinski definition) is 2. The lowest BCUT2D eigenvalue weighted by atomic mass is 10.2. The van der Waals surface area contributed by atoms with Crippen LogP contribution >= 0.6 is 0 Å². The van der Waals surface area contributed by atoms with Gasteiger partial charge in [-0.05, 0) is 29.8 Å². The van der Waals surface area contributed by atoms with Crippen LogP contribution in [-0.2, 0) is 16.8 Å². The summed E-state index contributed by atoms with van der Waals surface area (Å²) in [5, 5.41) is 13.2. The predicted octanol–water partition coefficient (Wildman–Crippen LogP) is 0.722. The summed E-state index contributed by atoms with van der Waals surface area (Å²) in [4.78, 5) is 0. The van der Waals surface area contributed by atoms with Crippen LogP contribution < -0.4 is 14.6 Å². The third-order valence-corrected chi connectivity index (χ3v) is 3.86. The topological polar surface area (TPSA) is 112 Å². The van der Waals surface area contributed by atoms with Gasteiger partial charge in [0.2, 0.25) is 0 Å². The molecule has 1 heterocycles. The Labute approximate surface area is 133 Å². The first-order chi connectivity index (χ1) is 11.0. The van der Waals surface area contributed by atoms with E-state index in [9.17, 15) is 8.42 Å². The zero-order chi connectivity index (χ0) is 16.4. The average Bonchev–Trinajstić information content (AvgIpc) is 2.95. The van der Waals surface area contributed by atoms with Crippen LogP contribution in [0.1, 0.15) is 5.56 Å². The van der Waals surface area contributed by atoms with Gasteiger partial charge in [0.1, 0.15) is 11.3 Å². The fourth-order valence-corrected chi connectivity index (χ4v) is 2.52. The number of nitrogens with two attached hydrogens (primary N) is 1. The van der Waals surface area contributed by atoms with Gasteiger partial charge in [-0.3, -0.25) is 0 Å². The minimum Gasteiger partial charge on any atom is -0.497 e. The van der Waals surface area contributed by atoms with Crippen molar-refractivity contribution >= 4 is 21.2 Å². The van der Waals surface area contributed by atoms with Crippen LogP contribution in [0.15, 0.2) is 42.5 Å². The van der Waals surface area contributed by atoms with Gasteiger partial charge in [-0.25, -0.2) is 9.82 Å². The van der Waals surface area contributed by atoms with Gasteiger partial charge in [0.15, 0.2) is 0 Å². The first kappa shape index (κ1) is 15.4. The first-order valence-electron chi connectivity index (χ1n) is 6.72. The lowest BCUT2D eigenvalue weighted by molar-refractivity contribution is 0.415. The molecule has 0 amide bonds. The van der Waals surface area contributed by atoms with Gasteiger partial charge in [-0.15, -0.1) is 5.10 Å². The molecule has 1 aromatic heterocycles. The van der Waals surface area contributed by atoms with E-state index in [-0.39, 0.29) is 6.54 Å². The highest BCUT2D eigenvalue weighted by atomic mass is 32.2. The SMILES string of the molecule is COc1ccc2nnn(-c3ccc(CNS(N)(=O)=O)cc3)c2c1. The van der Waals surface area contributed by atoms with Crippen molar-refractivity contribution in [2.24, 2.45) is 5.14 Å². The molecule has 0 atom stereocenters. The predicted molar refractivity (Wildman–Crippen MR) is 85.4 cm³/mol. The molecule has 8 nitrogen and oxygen atoms in total. The number of ether oxygens (including phenoxy) is 1. The van der Waals surface area contributed by atoms with Gasteiger partial charge < -0.3 is 4.74 Å². The molecule has 3 aromatic rings. The van der Waals surface area contributed by atoms with Gasteiger partial charge in [-0.2, -0.15) is 13.1 Å². The number of aromatic nitrogens is 3. The van der Waals surface area contributed by atoms with Crippen LogP contribution in [0.3, 0.4) is 0 Å². The molecule has 0 aliphatic carbocycles. The van der Waals surface area contributed by atoms with Crippen molar-refractivity contribution in [3.05, 3.63) is 48.0 Å². The van der Waals surface area contributed by atoms with Crippen molar-refractivity contribution in [2.75, 3.05) is 7.11 Å². The van der Waals surface area contributed by atoms with E-state index >= 15 is 0 Å². The van der Waals surface area contributed by atoms with E-state index in [1.54, 1.807) is 23.9 Å². The Hall–Kier alpha value is -2.49. The van der Waals surface area contributed by atoms with Gasteiger partial charge in [-0.1, -0.05) is 17.3 Å². The van der Waals surface area contributed by atoms with Crippen molar-refractivity contribution in [1.29, 1.82) is 0 Å². The lowest BCUT2D eigenvalue weighted by Crippen LogP contribution is -2.30. The highest BCUT2D eigenvalue weighted by molar-refractivity contribution is 7.87. The summed E-state index contributed by atoms with van der Waals surface area (Å²) in [5.74, 6) is 0.718. The molecule has 2 aromatic carbocycles. The number of fused-ring (bicyclic) bond motifs is 1. The monoisotopic (exact) mass is 333 g/mol. The number of methoxy groups -OCH3 is 1. The van der Waals surface area contributed by atoms with E-state index in [1.807, 2.05) is 30.3 Å². The molecule has 0 fully saturated rings. The van der Waals surface area contributed by atoms with Crippen molar-refractivity contribution in [2.45, 2.75) is 6.54 Å². The molecule has 23 heavy (non-hydrogen) atoms. The van der Waals surface area contributed by atoms with E-state index in [1.165, 1.54) is 0 Å². The summed E-state index contributed by atoms with van der Waals surface area (Å²) in [7, 11) is -2.10. The Morgan fingerprint density at radius 2 is 1.96 bits per heavy atom. The summed E-state index contributed by atoms with van der Waals surface area (Å²) in [5.41, 5.74) is 3.16. The molecule has 3 rings (SSSR count). The molecule has 120 valence electrons. The lowest BCUT2D eigenvalue weighted by Gasteiger charge is -2.06. The molecule has 0 unspecified atom stereocenters. The van der Waals surface area contributed by atoms with E-state index < -0.39 is 10.2 Å². The van der Waals surface area contributed by atoms with E-state index in [4.69, 9.17) is 9.88 Å². The Morgan fingerprint density at radius 1 is 1.22 bits per heavy atom. The second-order valence-corrected chi connectivity index (χ2v) is 6.27. The van der Waals surface area contributed by atoms with Crippen molar-refractivity contribution < 1.29 is 13.2 Å². The van der Waals surface area contributed by atoms with Gasteiger partial charge >= 0.3 is 0 Å². The quantitative estimate of drug-likeness (QED) is 0.714. The maximum atomic E-state index is 10.9. The number of nitrogens with zero attached hydrogens (tertiary/aromatic N) is 3. The van der Waals surface area contributed by atoms with E-state index in [0.717, 1.165) is 28.0 Å². The Kier molecular flexibility index (Phi) is 3.99. The third-order valence-electron chi connectivity index (χ3n) is 3.31. The summed E-state index contributed by atoms with van der Waals surface area (Å²) in [6.45, 7) is 0.130. The molecule has 0 aliphatic rings. The second-order valence-electron chi connectivity index (χ2n) is 4.89. The van der Waals surface area contributed by atoms with Crippen LogP contribution in [0.4, 0.5) is 0 Å². The fraction of sp³-hybridized carbons (Fsp3) is 0.143. The van der Waals surface area contributed by atoms with Crippen molar-refractivity contribution in [1.82, 2.24) is 19.7 Å². The molecule has 0 aliphatic heterocycles. The van der Waals surface area contributed by atoms with E-state index in [0.29, 0.717) is 0 Å². The number of nitrogens with one attached hydrogen (secondary N) is 1. The standard InChI is InChI=1S/C14H15N5O3S/c1-22-12-6-7-13-14(8-12)19(18-17-13)11-4-2-10(3-5-11)9-16-23(15,20)21/h2-8,16H,9H2,1H3,(H2,15,20,21). The third kappa shape index (κ3) is 3.47. The summed E-state index contributed by atoms with van der Waals surface area (Å²) < 4.78 is 30.9. The van der Waals surface area contributed by atoms with Crippen LogP contribution in [0.25, 0.3) is 16.7 Å². The smallest absolute Gasteiger partial charge is 0.274 e. The molecule has 0 saturated heterocycles.